The number of rotatable bonds is 5. The van der Waals surface area contributed by atoms with Gasteiger partial charge in [-0.15, -0.1) is 0 Å². The molecule has 14 heavy (non-hydrogen) atoms. The maximum atomic E-state index is 5.43. The van der Waals surface area contributed by atoms with Crippen molar-refractivity contribution >= 4 is 22.6 Å². The van der Waals surface area contributed by atoms with E-state index in [0.717, 1.165) is 31.9 Å². The predicted molar refractivity (Wildman–Crippen MR) is 65.5 cm³/mol. The lowest BCUT2D eigenvalue weighted by molar-refractivity contribution is 0.124. The third-order valence-electron chi connectivity index (χ3n) is 2.09. The molecule has 0 aliphatic rings. The number of halogens is 1. The maximum absolute atomic E-state index is 5.43. The van der Waals surface area contributed by atoms with Crippen LogP contribution in [-0.2, 0) is 11.3 Å². The average Bonchev–Trinajstić information content (AvgIpc) is 2.41. The zero-order chi connectivity index (χ0) is 10.6. The van der Waals surface area contributed by atoms with Crippen LogP contribution in [0.25, 0.3) is 0 Å². The molecule has 0 aliphatic carbocycles. The molecule has 0 spiro atoms. The minimum atomic E-state index is 0.756. The van der Waals surface area contributed by atoms with Gasteiger partial charge >= 0.3 is 0 Å². The van der Waals surface area contributed by atoms with Crippen LogP contribution in [0.1, 0.15) is 24.7 Å². The van der Waals surface area contributed by atoms with Crippen molar-refractivity contribution in [3.63, 3.8) is 0 Å². The Kier molecular flexibility index (Phi) is 4.88. The summed E-state index contributed by atoms with van der Waals surface area (Å²) in [6.07, 6.45) is 1.08. The molecule has 4 heteroatoms. The van der Waals surface area contributed by atoms with E-state index in [0.29, 0.717) is 0 Å². The van der Waals surface area contributed by atoms with Crippen LogP contribution in [0, 0.1) is 17.4 Å². The molecule has 0 unspecified atom stereocenters. The van der Waals surface area contributed by atoms with E-state index in [1.807, 2.05) is 11.6 Å². The molecule has 0 radical (unpaired) electrons. The van der Waals surface area contributed by atoms with Gasteiger partial charge in [-0.05, 0) is 42.9 Å². The third-order valence-corrected chi connectivity index (χ3v) is 3.65. The van der Waals surface area contributed by atoms with Crippen LogP contribution in [0.3, 0.4) is 0 Å². The van der Waals surface area contributed by atoms with Gasteiger partial charge in [0.05, 0.1) is 22.4 Å². The van der Waals surface area contributed by atoms with Gasteiger partial charge in [-0.3, -0.25) is 4.68 Å². The number of ether oxygens (including phenoxy) is 1. The van der Waals surface area contributed by atoms with Gasteiger partial charge < -0.3 is 4.74 Å². The van der Waals surface area contributed by atoms with Crippen molar-refractivity contribution in [1.82, 2.24) is 9.78 Å². The molecule has 0 fully saturated rings. The SMILES string of the molecule is CCCOCCn1nc(C)c(I)c1C. The monoisotopic (exact) mass is 308 g/mol. The fourth-order valence-corrected chi connectivity index (χ4v) is 1.68. The first-order chi connectivity index (χ1) is 6.66. The molecule has 0 amide bonds. The van der Waals surface area contributed by atoms with E-state index in [1.165, 1.54) is 9.26 Å². The second-order valence-electron chi connectivity index (χ2n) is 3.32. The molecule has 0 aliphatic heterocycles. The van der Waals surface area contributed by atoms with E-state index in [9.17, 15) is 0 Å². The first-order valence-corrected chi connectivity index (χ1v) is 6.02. The van der Waals surface area contributed by atoms with Crippen LogP contribution in [-0.4, -0.2) is 23.0 Å². The van der Waals surface area contributed by atoms with E-state index >= 15 is 0 Å². The summed E-state index contributed by atoms with van der Waals surface area (Å²) >= 11 is 2.33. The fourth-order valence-electron chi connectivity index (χ4n) is 1.29. The van der Waals surface area contributed by atoms with Crippen molar-refractivity contribution in [3.05, 3.63) is 15.0 Å². The van der Waals surface area contributed by atoms with Gasteiger partial charge in [0.2, 0.25) is 0 Å². The highest BCUT2D eigenvalue weighted by Crippen LogP contribution is 2.14. The van der Waals surface area contributed by atoms with Gasteiger partial charge in [0.15, 0.2) is 0 Å². The quantitative estimate of drug-likeness (QED) is 0.617. The molecule has 1 aromatic rings. The van der Waals surface area contributed by atoms with Gasteiger partial charge in [0, 0.05) is 12.3 Å². The van der Waals surface area contributed by atoms with E-state index in [4.69, 9.17) is 4.74 Å². The minimum absolute atomic E-state index is 0.756. The van der Waals surface area contributed by atoms with E-state index < -0.39 is 0 Å². The van der Waals surface area contributed by atoms with E-state index in [-0.39, 0.29) is 0 Å². The third kappa shape index (κ3) is 2.95. The molecule has 1 rings (SSSR count). The van der Waals surface area contributed by atoms with Crippen LogP contribution >= 0.6 is 22.6 Å². The molecule has 1 aromatic heterocycles. The Morgan fingerprint density at radius 1 is 1.36 bits per heavy atom. The van der Waals surface area contributed by atoms with Gasteiger partial charge in [0.25, 0.3) is 0 Å². The van der Waals surface area contributed by atoms with Gasteiger partial charge in [-0.25, -0.2) is 0 Å². The van der Waals surface area contributed by atoms with E-state index in [1.54, 1.807) is 0 Å². The summed E-state index contributed by atoms with van der Waals surface area (Å²) in [5.74, 6) is 0. The molecule has 3 nitrogen and oxygen atoms in total. The molecule has 1 heterocycles. The standard InChI is InChI=1S/C10H17IN2O/c1-4-6-14-7-5-13-9(3)10(11)8(2)12-13/h4-7H2,1-3H3. The molecule has 0 aromatic carbocycles. The molecule has 0 saturated heterocycles. The normalized spacial score (nSPS) is 10.9. The summed E-state index contributed by atoms with van der Waals surface area (Å²) in [7, 11) is 0. The summed E-state index contributed by atoms with van der Waals surface area (Å²) in [5, 5.41) is 4.44. The molecular weight excluding hydrogens is 291 g/mol. The molecule has 0 N–H and O–H groups in total. The van der Waals surface area contributed by atoms with Crippen LogP contribution < -0.4 is 0 Å². The minimum Gasteiger partial charge on any atom is -0.380 e. The second kappa shape index (κ2) is 5.70. The highest BCUT2D eigenvalue weighted by molar-refractivity contribution is 14.1. The number of aryl methyl sites for hydroxylation is 1. The lowest BCUT2D eigenvalue weighted by Gasteiger charge is -2.04. The summed E-state index contributed by atoms with van der Waals surface area (Å²) in [6.45, 7) is 8.71. The van der Waals surface area contributed by atoms with Crippen molar-refractivity contribution in [2.75, 3.05) is 13.2 Å². The van der Waals surface area contributed by atoms with Crippen molar-refractivity contribution in [2.45, 2.75) is 33.7 Å². The summed E-state index contributed by atoms with van der Waals surface area (Å²) in [6, 6.07) is 0. The number of hydrogen-bond donors (Lipinski definition) is 0. The van der Waals surface area contributed by atoms with Gasteiger partial charge in [-0.1, -0.05) is 6.92 Å². The molecule has 0 atom stereocenters. The average molecular weight is 308 g/mol. The van der Waals surface area contributed by atoms with Crippen molar-refractivity contribution in [1.29, 1.82) is 0 Å². The topological polar surface area (TPSA) is 27.1 Å². The zero-order valence-corrected chi connectivity index (χ0v) is 11.2. The first kappa shape index (κ1) is 12.0. The Balaban J connectivity index is 2.47. The molecule has 80 valence electrons. The Hall–Kier alpha value is -0.100. The highest BCUT2D eigenvalue weighted by atomic mass is 127. The van der Waals surface area contributed by atoms with Crippen molar-refractivity contribution < 1.29 is 4.74 Å². The largest absolute Gasteiger partial charge is 0.380 e. The molecular formula is C10H17IN2O. The number of hydrogen-bond acceptors (Lipinski definition) is 2. The smallest absolute Gasteiger partial charge is 0.0730 e. The zero-order valence-electron chi connectivity index (χ0n) is 9.01. The summed E-state index contributed by atoms with van der Waals surface area (Å²) in [4.78, 5) is 0. The summed E-state index contributed by atoms with van der Waals surface area (Å²) in [5.41, 5.74) is 2.35. The fraction of sp³-hybridized carbons (Fsp3) is 0.700. The predicted octanol–water partition coefficient (Wildman–Crippen LogP) is 2.53. The molecule has 0 saturated carbocycles. The van der Waals surface area contributed by atoms with Crippen LogP contribution in [0.4, 0.5) is 0 Å². The number of nitrogens with zero attached hydrogens (tertiary/aromatic N) is 2. The first-order valence-electron chi connectivity index (χ1n) is 4.94. The maximum Gasteiger partial charge on any atom is 0.0730 e. The van der Waals surface area contributed by atoms with Gasteiger partial charge in [0.1, 0.15) is 0 Å². The van der Waals surface area contributed by atoms with Crippen molar-refractivity contribution in [2.24, 2.45) is 0 Å². The Bertz CT molecular complexity index is 297. The van der Waals surface area contributed by atoms with Gasteiger partial charge in [-0.2, -0.15) is 5.10 Å². The summed E-state index contributed by atoms with van der Waals surface area (Å²) < 4.78 is 8.71. The second-order valence-corrected chi connectivity index (χ2v) is 4.40. The van der Waals surface area contributed by atoms with Crippen LogP contribution in [0.5, 0.6) is 0 Å². The lowest BCUT2D eigenvalue weighted by atomic mass is 10.4. The van der Waals surface area contributed by atoms with Crippen LogP contribution in [0.15, 0.2) is 0 Å². The number of aromatic nitrogens is 2. The lowest BCUT2D eigenvalue weighted by Crippen LogP contribution is -2.09. The van der Waals surface area contributed by atoms with E-state index in [2.05, 4.69) is 41.5 Å². The van der Waals surface area contributed by atoms with Crippen LogP contribution in [0.2, 0.25) is 0 Å². The Labute approximate surface area is 99.0 Å². The highest BCUT2D eigenvalue weighted by Gasteiger charge is 2.07. The van der Waals surface area contributed by atoms with Crippen molar-refractivity contribution in [3.8, 4) is 0 Å². The Morgan fingerprint density at radius 3 is 2.57 bits per heavy atom. The molecule has 0 bridgehead atoms. The Morgan fingerprint density at radius 2 is 2.07 bits per heavy atom.